The van der Waals surface area contributed by atoms with Gasteiger partial charge in [0, 0.05) is 25.3 Å². The first-order valence-corrected chi connectivity index (χ1v) is 8.00. The highest BCUT2D eigenvalue weighted by atomic mass is 16.5. The summed E-state index contributed by atoms with van der Waals surface area (Å²) in [5.41, 5.74) is 0.556. The van der Waals surface area contributed by atoms with Crippen LogP contribution in [0.5, 0.6) is 5.75 Å². The van der Waals surface area contributed by atoms with Crippen molar-refractivity contribution >= 4 is 11.9 Å². The van der Waals surface area contributed by atoms with E-state index < -0.39 is 11.9 Å². The number of amides is 1. The molecule has 124 valence electrons. The number of aliphatic carboxylic acids is 1. The van der Waals surface area contributed by atoms with Crippen LogP contribution in [-0.2, 0) is 9.53 Å². The van der Waals surface area contributed by atoms with Crippen LogP contribution in [0.25, 0.3) is 0 Å². The van der Waals surface area contributed by atoms with Gasteiger partial charge < -0.3 is 19.5 Å². The topological polar surface area (TPSA) is 76.1 Å². The van der Waals surface area contributed by atoms with Crippen molar-refractivity contribution in [3.63, 3.8) is 0 Å². The minimum Gasteiger partial charge on any atom is -0.491 e. The Morgan fingerprint density at radius 2 is 2.04 bits per heavy atom. The van der Waals surface area contributed by atoms with Gasteiger partial charge in [0.15, 0.2) is 0 Å². The Kier molecular flexibility index (Phi) is 4.81. The zero-order valence-electron chi connectivity index (χ0n) is 12.9. The first-order valence-electron chi connectivity index (χ1n) is 8.00. The second kappa shape index (κ2) is 7.00. The van der Waals surface area contributed by atoms with Gasteiger partial charge in [-0.3, -0.25) is 9.59 Å². The summed E-state index contributed by atoms with van der Waals surface area (Å²) >= 11 is 0. The summed E-state index contributed by atoms with van der Waals surface area (Å²) < 4.78 is 11.2. The predicted octanol–water partition coefficient (Wildman–Crippen LogP) is 1.79. The van der Waals surface area contributed by atoms with Crippen molar-refractivity contribution in [3.8, 4) is 5.75 Å². The van der Waals surface area contributed by atoms with Crippen LogP contribution in [-0.4, -0.2) is 54.3 Å². The van der Waals surface area contributed by atoms with Gasteiger partial charge in [0.05, 0.1) is 12.0 Å². The molecular weight excluding hydrogens is 298 g/mol. The molecule has 0 unspecified atom stereocenters. The van der Waals surface area contributed by atoms with Gasteiger partial charge in [-0.15, -0.1) is 0 Å². The van der Waals surface area contributed by atoms with Gasteiger partial charge in [0.1, 0.15) is 12.4 Å². The van der Waals surface area contributed by atoms with Crippen molar-refractivity contribution in [2.24, 2.45) is 5.92 Å². The number of carbonyl (C=O) groups excluding carboxylic acids is 1. The minimum absolute atomic E-state index is 0.126. The maximum atomic E-state index is 12.4. The van der Waals surface area contributed by atoms with E-state index in [1.807, 2.05) is 0 Å². The Balaban J connectivity index is 1.54. The molecule has 0 saturated carbocycles. The van der Waals surface area contributed by atoms with Crippen LogP contribution >= 0.6 is 0 Å². The Morgan fingerprint density at radius 3 is 2.65 bits per heavy atom. The van der Waals surface area contributed by atoms with Crippen LogP contribution in [0.3, 0.4) is 0 Å². The molecule has 1 N–H and O–H groups in total. The quantitative estimate of drug-likeness (QED) is 0.895. The molecule has 23 heavy (non-hydrogen) atoms. The Labute approximate surface area is 135 Å². The molecule has 1 aromatic carbocycles. The van der Waals surface area contributed by atoms with Crippen LogP contribution in [0.2, 0.25) is 0 Å². The lowest BCUT2D eigenvalue weighted by Gasteiger charge is -2.16. The lowest BCUT2D eigenvalue weighted by molar-refractivity contribution is -0.141. The average Bonchev–Trinajstić information content (AvgIpc) is 3.24. The number of rotatable bonds is 5. The summed E-state index contributed by atoms with van der Waals surface area (Å²) in [6.07, 6.45) is 2.78. The summed E-state index contributed by atoms with van der Waals surface area (Å²) in [6.45, 7) is 2.10. The Morgan fingerprint density at radius 1 is 1.26 bits per heavy atom. The molecule has 0 bridgehead atoms. The largest absolute Gasteiger partial charge is 0.491 e. The van der Waals surface area contributed by atoms with E-state index in [0.717, 1.165) is 19.4 Å². The lowest BCUT2D eigenvalue weighted by atomic mass is 10.1. The van der Waals surface area contributed by atoms with Gasteiger partial charge in [-0.2, -0.15) is 0 Å². The van der Waals surface area contributed by atoms with Crippen molar-refractivity contribution in [2.75, 3.05) is 26.3 Å². The summed E-state index contributed by atoms with van der Waals surface area (Å²) in [5, 5.41) is 9.00. The highest BCUT2D eigenvalue weighted by Crippen LogP contribution is 2.21. The molecule has 2 atom stereocenters. The van der Waals surface area contributed by atoms with E-state index >= 15 is 0 Å². The molecule has 0 aliphatic carbocycles. The van der Waals surface area contributed by atoms with Gasteiger partial charge in [0.2, 0.25) is 0 Å². The molecule has 6 heteroatoms. The highest BCUT2D eigenvalue weighted by molar-refractivity contribution is 5.94. The van der Waals surface area contributed by atoms with E-state index in [1.165, 1.54) is 0 Å². The molecule has 0 aromatic heterocycles. The molecule has 2 aliphatic heterocycles. The van der Waals surface area contributed by atoms with Crippen molar-refractivity contribution in [1.29, 1.82) is 0 Å². The first-order chi connectivity index (χ1) is 11.1. The third-order valence-corrected chi connectivity index (χ3v) is 4.39. The van der Waals surface area contributed by atoms with Crippen molar-refractivity contribution in [3.05, 3.63) is 29.8 Å². The highest BCUT2D eigenvalue weighted by Gasteiger charge is 2.31. The van der Waals surface area contributed by atoms with Gasteiger partial charge in [-0.25, -0.2) is 0 Å². The van der Waals surface area contributed by atoms with Crippen LogP contribution in [0.15, 0.2) is 24.3 Å². The number of carboxylic acids is 1. The second-order valence-corrected chi connectivity index (χ2v) is 6.05. The van der Waals surface area contributed by atoms with Gasteiger partial charge in [0.25, 0.3) is 5.91 Å². The van der Waals surface area contributed by atoms with E-state index in [9.17, 15) is 9.59 Å². The summed E-state index contributed by atoms with van der Waals surface area (Å²) in [5.74, 6) is -0.701. The van der Waals surface area contributed by atoms with E-state index in [4.69, 9.17) is 14.6 Å². The molecule has 1 amide bonds. The molecule has 0 spiro atoms. The molecule has 2 aliphatic rings. The maximum absolute atomic E-state index is 12.4. The number of hydrogen-bond donors (Lipinski definition) is 1. The van der Waals surface area contributed by atoms with Crippen molar-refractivity contribution in [1.82, 2.24) is 4.90 Å². The molecular formula is C17H21NO5. The molecule has 1 aromatic rings. The van der Waals surface area contributed by atoms with Gasteiger partial charge in [-0.1, -0.05) is 0 Å². The maximum Gasteiger partial charge on any atom is 0.308 e. The summed E-state index contributed by atoms with van der Waals surface area (Å²) in [7, 11) is 0. The van der Waals surface area contributed by atoms with Crippen LogP contribution in [0.4, 0.5) is 0 Å². The second-order valence-electron chi connectivity index (χ2n) is 6.05. The van der Waals surface area contributed by atoms with E-state index in [-0.39, 0.29) is 18.6 Å². The standard InChI is InChI=1S/C17H21NO5/c19-16(18-8-7-13(10-18)17(20)21)12-3-5-14(6-4-12)23-11-15-2-1-9-22-15/h3-6,13,15H,1-2,7-11H2,(H,20,21)/t13-,15-/m1/s1. The molecule has 2 fully saturated rings. The monoisotopic (exact) mass is 319 g/mol. The van der Waals surface area contributed by atoms with Crippen molar-refractivity contribution < 1.29 is 24.2 Å². The van der Waals surface area contributed by atoms with E-state index in [0.29, 0.717) is 30.9 Å². The molecule has 2 saturated heterocycles. The van der Waals surface area contributed by atoms with Gasteiger partial charge in [-0.05, 0) is 43.5 Å². The fourth-order valence-electron chi connectivity index (χ4n) is 2.99. The third kappa shape index (κ3) is 3.82. The summed E-state index contributed by atoms with van der Waals surface area (Å²) in [4.78, 5) is 24.9. The lowest BCUT2D eigenvalue weighted by Crippen LogP contribution is -2.29. The normalized spacial score (nSPS) is 23.9. The fourth-order valence-corrected chi connectivity index (χ4v) is 2.99. The molecule has 3 rings (SSSR count). The van der Waals surface area contributed by atoms with Gasteiger partial charge >= 0.3 is 5.97 Å². The number of nitrogens with zero attached hydrogens (tertiary/aromatic N) is 1. The molecule has 0 radical (unpaired) electrons. The molecule has 6 nitrogen and oxygen atoms in total. The predicted molar refractivity (Wildman–Crippen MR) is 82.6 cm³/mol. The van der Waals surface area contributed by atoms with E-state index in [2.05, 4.69) is 0 Å². The van der Waals surface area contributed by atoms with E-state index in [1.54, 1.807) is 29.2 Å². The number of hydrogen-bond acceptors (Lipinski definition) is 4. The Hall–Kier alpha value is -2.08. The summed E-state index contributed by atoms with van der Waals surface area (Å²) in [6, 6.07) is 6.99. The van der Waals surface area contributed by atoms with Crippen LogP contribution in [0, 0.1) is 5.92 Å². The minimum atomic E-state index is -0.835. The van der Waals surface area contributed by atoms with Crippen molar-refractivity contribution in [2.45, 2.75) is 25.4 Å². The van der Waals surface area contributed by atoms with Crippen LogP contribution < -0.4 is 4.74 Å². The zero-order chi connectivity index (χ0) is 16.2. The first kappa shape index (κ1) is 15.8. The fraction of sp³-hybridized carbons (Fsp3) is 0.529. The smallest absolute Gasteiger partial charge is 0.308 e. The van der Waals surface area contributed by atoms with Crippen LogP contribution in [0.1, 0.15) is 29.6 Å². The third-order valence-electron chi connectivity index (χ3n) is 4.39. The Bertz CT molecular complexity index is 565. The zero-order valence-corrected chi connectivity index (χ0v) is 12.9. The molecule has 2 heterocycles. The average molecular weight is 319 g/mol. The number of ether oxygens (including phenoxy) is 2. The number of likely N-dealkylation sites (tertiary alicyclic amines) is 1. The number of benzene rings is 1. The number of carbonyl (C=O) groups is 2. The SMILES string of the molecule is O=C(O)[C@@H]1CCN(C(=O)c2ccc(OC[C@H]3CCCO3)cc2)C1. The number of carboxylic acid groups (broad SMARTS) is 1.